The molecule has 0 aliphatic carbocycles. The number of amides is 1. The summed E-state index contributed by atoms with van der Waals surface area (Å²) in [6, 6.07) is 15.6. The molecular weight excluding hydrogens is 484 g/mol. The van der Waals surface area contributed by atoms with E-state index < -0.39 is 5.60 Å². The molecule has 0 spiro atoms. The minimum Gasteiger partial charge on any atom is -0.461 e. The molecule has 2 aromatic heterocycles. The van der Waals surface area contributed by atoms with Gasteiger partial charge in [0.05, 0.1) is 18.3 Å². The first-order valence-corrected chi connectivity index (χ1v) is 11.9. The molecule has 3 heterocycles. The molecule has 8 heteroatoms. The molecule has 5 rings (SSSR count). The van der Waals surface area contributed by atoms with Crippen LogP contribution in [0.15, 0.2) is 63.6 Å². The molecule has 0 bridgehead atoms. The van der Waals surface area contributed by atoms with Crippen molar-refractivity contribution in [1.29, 1.82) is 0 Å². The first kappa shape index (κ1) is 21.9. The molecule has 0 radical (unpaired) electrons. The van der Waals surface area contributed by atoms with Crippen LogP contribution >= 0.6 is 15.9 Å². The molecule has 170 valence electrons. The molecule has 4 aromatic rings. The number of aliphatic hydroxyl groups is 1. The maximum absolute atomic E-state index is 12.9. The number of fused-ring (bicyclic) bond motifs is 1. The largest absolute Gasteiger partial charge is 0.461 e. The lowest BCUT2D eigenvalue weighted by atomic mass is 9.92. The highest BCUT2D eigenvalue weighted by Gasteiger charge is 2.36. The Labute approximate surface area is 200 Å². The topological polar surface area (TPSA) is 84.4 Å². The second kappa shape index (κ2) is 8.76. The maximum Gasteiger partial charge on any atom is 0.230 e. The highest BCUT2D eigenvalue weighted by molar-refractivity contribution is 9.10. The quantitative estimate of drug-likeness (QED) is 0.437. The third-order valence-corrected chi connectivity index (χ3v) is 6.84. The van der Waals surface area contributed by atoms with Crippen molar-refractivity contribution >= 4 is 32.8 Å². The molecule has 1 atom stereocenters. The van der Waals surface area contributed by atoms with E-state index in [0.717, 1.165) is 26.7 Å². The number of aryl methyl sites for hydroxylation is 1. The molecule has 1 aliphatic rings. The van der Waals surface area contributed by atoms with Crippen molar-refractivity contribution in [2.75, 3.05) is 13.1 Å². The van der Waals surface area contributed by atoms with Crippen LogP contribution in [0.4, 0.5) is 0 Å². The fourth-order valence-corrected chi connectivity index (χ4v) is 4.96. The highest BCUT2D eigenvalue weighted by atomic mass is 79.9. The van der Waals surface area contributed by atoms with E-state index in [-0.39, 0.29) is 12.3 Å². The standard InChI is InChI=1S/C25H25BrN4O3/c1-17-13-19(26)7-8-21(17)30-16-23(27-28-30)25(32)9-4-11-29(12-10-25)24(31)15-20-14-18-5-2-3-6-22(18)33-20/h2-3,5-8,13-14,16,32H,4,9-12,15H2,1H3. The van der Waals surface area contributed by atoms with E-state index in [2.05, 4.69) is 26.2 Å². The zero-order chi connectivity index (χ0) is 23.0. The number of halogens is 1. The van der Waals surface area contributed by atoms with Gasteiger partial charge in [0, 0.05) is 22.9 Å². The molecule has 33 heavy (non-hydrogen) atoms. The third-order valence-electron chi connectivity index (χ3n) is 6.34. The van der Waals surface area contributed by atoms with E-state index >= 15 is 0 Å². The molecule has 2 aromatic carbocycles. The Morgan fingerprint density at radius 1 is 1.18 bits per heavy atom. The highest BCUT2D eigenvalue weighted by Crippen LogP contribution is 2.32. The Morgan fingerprint density at radius 2 is 2.03 bits per heavy atom. The van der Waals surface area contributed by atoms with E-state index in [0.29, 0.717) is 43.8 Å². The van der Waals surface area contributed by atoms with Crippen molar-refractivity contribution < 1.29 is 14.3 Å². The van der Waals surface area contributed by atoms with E-state index in [1.165, 1.54) is 0 Å². The summed E-state index contributed by atoms with van der Waals surface area (Å²) in [5, 5.41) is 20.9. The number of carbonyl (C=O) groups is 1. The number of likely N-dealkylation sites (tertiary alicyclic amines) is 1. The summed E-state index contributed by atoms with van der Waals surface area (Å²) in [7, 11) is 0. The SMILES string of the molecule is Cc1cc(Br)ccc1-n1cc(C2(O)CCCN(C(=O)Cc3cc4ccccc4o3)CC2)nn1. The number of rotatable bonds is 4. The number of para-hydroxylation sites is 1. The minimum absolute atomic E-state index is 0.00690. The van der Waals surface area contributed by atoms with Gasteiger partial charge in [0.1, 0.15) is 22.6 Å². The summed E-state index contributed by atoms with van der Waals surface area (Å²) < 4.78 is 8.51. The van der Waals surface area contributed by atoms with Crippen LogP contribution < -0.4 is 0 Å². The van der Waals surface area contributed by atoms with E-state index in [1.54, 1.807) is 10.9 Å². The van der Waals surface area contributed by atoms with Gasteiger partial charge in [-0.2, -0.15) is 0 Å². The van der Waals surface area contributed by atoms with E-state index in [4.69, 9.17) is 4.42 Å². The number of carbonyl (C=O) groups excluding carboxylic acids is 1. The van der Waals surface area contributed by atoms with E-state index in [1.807, 2.05) is 60.4 Å². The molecule has 7 nitrogen and oxygen atoms in total. The van der Waals surface area contributed by atoms with Gasteiger partial charge in [-0.25, -0.2) is 4.68 Å². The van der Waals surface area contributed by atoms with Crippen LogP contribution in [-0.2, 0) is 16.8 Å². The number of aromatic nitrogens is 3. The van der Waals surface area contributed by atoms with Gasteiger partial charge in [-0.05, 0) is 62.1 Å². The Balaban J connectivity index is 1.28. The minimum atomic E-state index is -1.12. The Bertz CT molecular complexity index is 1280. The van der Waals surface area contributed by atoms with Crippen molar-refractivity contribution in [1.82, 2.24) is 19.9 Å². The molecule has 1 fully saturated rings. The lowest BCUT2D eigenvalue weighted by Gasteiger charge is -2.24. The lowest BCUT2D eigenvalue weighted by Crippen LogP contribution is -2.34. The smallest absolute Gasteiger partial charge is 0.230 e. The third kappa shape index (κ3) is 4.45. The predicted molar refractivity (Wildman–Crippen MR) is 128 cm³/mol. The van der Waals surface area contributed by atoms with Gasteiger partial charge < -0.3 is 14.4 Å². The number of hydrogen-bond donors (Lipinski definition) is 1. The van der Waals surface area contributed by atoms with Gasteiger partial charge in [0.15, 0.2) is 0 Å². The summed E-state index contributed by atoms with van der Waals surface area (Å²) >= 11 is 3.48. The average molecular weight is 509 g/mol. The summed E-state index contributed by atoms with van der Waals surface area (Å²) in [6.07, 6.45) is 3.64. The van der Waals surface area contributed by atoms with Gasteiger partial charge in [0.2, 0.25) is 5.91 Å². The zero-order valence-corrected chi connectivity index (χ0v) is 20.0. The second-order valence-corrected chi connectivity index (χ2v) is 9.59. The molecule has 1 N–H and O–H groups in total. The Hall–Kier alpha value is -2.97. The summed E-state index contributed by atoms with van der Waals surface area (Å²) in [6.45, 7) is 3.06. The van der Waals surface area contributed by atoms with Crippen LogP contribution in [0.3, 0.4) is 0 Å². The van der Waals surface area contributed by atoms with Crippen LogP contribution in [0.2, 0.25) is 0 Å². The van der Waals surface area contributed by atoms with Gasteiger partial charge in [-0.3, -0.25) is 4.79 Å². The van der Waals surface area contributed by atoms with Gasteiger partial charge in [0.25, 0.3) is 0 Å². The zero-order valence-electron chi connectivity index (χ0n) is 18.4. The molecule has 0 saturated carbocycles. The molecular formula is C25H25BrN4O3. The van der Waals surface area contributed by atoms with Crippen molar-refractivity contribution in [3.63, 3.8) is 0 Å². The molecule has 1 aliphatic heterocycles. The van der Waals surface area contributed by atoms with Crippen LogP contribution in [-0.4, -0.2) is 44.0 Å². The van der Waals surface area contributed by atoms with Gasteiger partial charge in [-0.15, -0.1) is 5.10 Å². The van der Waals surface area contributed by atoms with Crippen molar-refractivity contribution in [2.24, 2.45) is 0 Å². The van der Waals surface area contributed by atoms with Crippen molar-refractivity contribution in [3.05, 3.63) is 76.2 Å². The monoisotopic (exact) mass is 508 g/mol. The number of hydrogen-bond acceptors (Lipinski definition) is 5. The van der Waals surface area contributed by atoms with Gasteiger partial charge in [-0.1, -0.05) is 39.3 Å². The average Bonchev–Trinajstić information content (AvgIpc) is 3.38. The maximum atomic E-state index is 12.9. The predicted octanol–water partition coefficient (Wildman–Crippen LogP) is 4.53. The number of nitrogens with zero attached hydrogens (tertiary/aromatic N) is 4. The van der Waals surface area contributed by atoms with Crippen LogP contribution in [0, 0.1) is 6.92 Å². The number of furan rings is 1. The van der Waals surface area contributed by atoms with Crippen LogP contribution in [0.1, 0.15) is 36.3 Å². The Kier molecular flexibility index (Phi) is 5.80. The first-order chi connectivity index (χ1) is 15.9. The van der Waals surface area contributed by atoms with Crippen LogP contribution in [0.5, 0.6) is 0 Å². The summed E-state index contributed by atoms with van der Waals surface area (Å²) in [5.74, 6) is 0.668. The lowest BCUT2D eigenvalue weighted by molar-refractivity contribution is -0.130. The van der Waals surface area contributed by atoms with E-state index in [9.17, 15) is 9.90 Å². The normalized spacial score (nSPS) is 19.1. The van der Waals surface area contributed by atoms with Crippen molar-refractivity contribution in [3.8, 4) is 5.69 Å². The fourth-order valence-electron chi connectivity index (χ4n) is 4.48. The summed E-state index contributed by atoms with van der Waals surface area (Å²) in [4.78, 5) is 14.8. The van der Waals surface area contributed by atoms with Crippen LogP contribution in [0.25, 0.3) is 16.7 Å². The van der Waals surface area contributed by atoms with Crippen molar-refractivity contribution in [2.45, 2.75) is 38.2 Å². The second-order valence-electron chi connectivity index (χ2n) is 8.67. The number of benzene rings is 2. The molecule has 1 amide bonds. The molecule has 1 saturated heterocycles. The first-order valence-electron chi connectivity index (χ1n) is 11.1. The summed E-state index contributed by atoms with van der Waals surface area (Å²) in [5.41, 5.74) is 2.18. The van der Waals surface area contributed by atoms with Gasteiger partial charge >= 0.3 is 0 Å². The fraction of sp³-hybridized carbons (Fsp3) is 0.320. The Morgan fingerprint density at radius 3 is 2.85 bits per heavy atom. The molecule has 1 unspecified atom stereocenters.